The zero-order valence-corrected chi connectivity index (χ0v) is 9.29. The Balaban J connectivity index is 2.16. The van der Waals surface area contributed by atoms with Crippen LogP contribution in [0, 0.1) is 11.8 Å². The van der Waals surface area contributed by atoms with Crippen molar-refractivity contribution in [2.75, 3.05) is 0 Å². The molecule has 3 atom stereocenters. The molecule has 2 rings (SSSR count). The molecule has 2 aliphatic rings. The summed E-state index contributed by atoms with van der Waals surface area (Å²) in [5.74, 6) is 2.06. The summed E-state index contributed by atoms with van der Waals surface area (Å²) in [6, 6.07) is 0. The van der Waals surface area contributed by atoms with Crippen molar-refractivity contribution in [2.24, 2.45) is 11.8 Å². The lowest BCUT2D eigenvalue weighted by Crippen LogP contribution is -2.29. The number of fused-ring (bicyclic) bond motifs is 1. The van der Waals surface area contributed by atoms with Gasteiger partial charge in [0.15, 0.2) is 0 Å². The van der Waals surface area contributed by atoms with Gasteiger partial charge in [-0.1, -0.05) is 33.6 Å². The van der Waals surface area contributed by atoms with Crippen LogP contribution < -0.4 is 0 Å². The third-order valence-corrected chi connectivity index (χ3v) is 5.44. The molecule has 0 bridgehead atoms. The summed E-state index contributed by atoms with van der Waals surface area (Å²) < 4.78 is 0.574. The Kier molecular flexibility index (Phi) is 2.18. The van der Waals surface area contributed by atoms with Gasteiger partial charge in [-0.25, -0.2) is 0 Å². The highest BCUT2D eigenvalue weighted by molar-refractivity contribution is 8.01. The van der Waals surface area contributed by atoms with Gasteiger partial charge in [-0.2, -0.15) is 11.8 Å². The van der Waals surface area contributed by atoms with Gasteiger partial charge in [0.2, 0.25) is 0 Å². The zero-order chi connectivity index (χ0) is 8.77. The molecule has 1 heteroatoms. The van der Waals surface area contributed by atoms with Crippen LogP contribution in [0.15, 0.2) is 0 Å². The van der Waals surface area contributed by atoms with E-state index in [1.54, 1.807) is 0 Å². The molecule has 0 amide bonds. The maximum Gasteiger partial charge on any atom is 0.0137 e. The van der Waals surface area contributed by atoms with Crippen LogP contribution >= 0.6 is 11.8 Å². The van der Waals surface area contributed by atoms with Crippen molar-refractivity contribution in [3.63, 3.8) is 0 Å². The Morgan fingerprint density at radius 1 is 1.17 bits per heavy atom. The van der Waals surface area contributed by atoms with Crippen LogP contribution in [0.25, 0.3) is 0 Å². The number of thioether (sulfide) groups is 1. The monoisotopic (exact) mass is 184 g/mol. The van der Waals surface area contributed by atoms with Gasteiger partial charge in [-0.3, -0.25) is 0 Å². The molecule has 1 aliphatic carbocycles. The maximum atomic E-state index is 2.45. The molecule has 1 heterocycles. The molecule has 3 unspecified atom stereocenters. The van der Waals surface area contributed by atoms with E-state index in [-0.39, 0.29) is 0 Å². The fourth-order valence-electron chi connectivity index (χ4n) is 3.24. The minimum Gasteiger partial charge on any atom is -0.152 e. The van der Waals surface area contributed by atoms with E-state index >= 15 is 0 Å². The third kappa shape index (κ3) is 1.30. The van der Waals surface area contributed by atoms with E-state index in [1.807, 2.05) is 0 Å². The van der Waals surface area contributed by atoms with Gasteiger partial charge >= 0.3 is 0 Å². The molecule has 1 saturated heterocycles. The molecule has 0 N–H and O–H groups in total. The van der Waals surface area contributed by atoms with Gasteiger partial charge in [0.05, 0.1) is 0 Å². The van der Waals surface area contributed by atoms with Crippen molar-refractivity contribution in [1.82, 2.24) is 0 Å². The lowest BCUT2D eigenvalue weighted by molar-refractivity contribution is 0.220. The molecular weight excluding hydrogens is 164 g/mol. The highest BCUT2D eigenvalue weighted by Gasteiger charge is 2.47. The average Bonchev–Trinajstić information content (AvgIpc) is 2.25. The van der Waals surface area contributed by atoms with Gasteiger partial charge in [-0.15, -0.1) is 0 Å². The predicted molar refractivity (Wildman–Crippen MR) is 56.6 cm³/mol. The van der Waals surface area contributed by atoms with E-state index in [9.17, 15) is 0 Å². The van der Waals surface area contributed by atoms with Crippen LogP contribution in [0.5, 0.6) is 0 Å². The second kappa shape index (κ2) is 2.94. The topological polar surface area (TPSA) is 0 Å². The smallest absolute Gasteiger partial charge is 0.0137 e. The average molecular weight is 184 g/mol. The van der Waals surface area contributed by atoms with Crippen LogP contribution in [0.4, 0.5) is 0 Å². The molecular formula is C11H20S. The van der Waals surface area contributed by atoms with Crippen molar-refractivity contribution in [1.29, 1.82) is 0 Å². The molecule has 70 valence electrons. The Hall–Kier alpha value is 0.350. The van der Waals surface area contributed by atoms with Crippen LogP contribution in [-0.4, -0.2) is 10.00 Å². The molecule has 0 nitrogen and oxygen atoms in total. The van der Waals surface area contributed by atoms with Gasteiger partial charge in [0.25, 0.3) is 0 Å². The Morgan fingerprint density at radius 3 is 2.50 bits per heavy atom. The summed E-state index contributed by atoms with van der Waals surface area (Å²) in [5.41, 5.74) is 0. The largest absolute Gasteiger partial charge is 0.152 e. The fourth-order valence-corrected chi connectivity index (χ4v) is 5.16. The number of hydrogen-bond donors (Lipinski definition) is 0. The van der Waals surface area contributed by atoms with E-state index in [0.29, 0.717) is 4.75 Å². The molecule has 0 aromatic carbocycles. The van der Waals surface area contributed by atoms with E-state index in [0.717, 1.165) is 17.1 Å². The van der Waals surface area contributed by atoms with Crippen molar-refractivity contribution < 1.29 is 0 Å². The lowest BCUT2D eigenvalue weighted by Gasteiger charge is -2.33. The minimum absolute atomic E-state index is 0.574. The first-order valence-electron chi connectivity index (χ1n) is 5.29. The molecule has 0 aromatic rings. The molecule has 0 radical (unpaired) electrons. The second-order valence-electron chi connectivity index (χ2n) is 4.98. The van der Waals surface area contributed by atoms with Crippen LogP contribution in [0.1, 0.15) is 46.5 Å². The van der Waals surface area contributed by atoms with Crippen LogP contribution in [0.2, 0.25) is 0 Å². The molecule has 1 aliphatic heterocycles. The van der Waals surface area contributed by atoms with Gasteiger partial charge in [0, 0.05) is 10.00 Å². The zero-order valence-electron chi connectivity index (χ0n) is 8.47. The highest BCUT2D eigenvalue weighted by atomic mass is 32.2. The highest BCUT2D eigenvalue weighted by Crippen LogP contribution is 2.55. The molecule has 2 fully saturated rings. The lowest BCUT2D eigenvalue weighted by atomic mass is 9.72. The summed E-state index contributed by atoms with van der Waals surface area (Å²) in [6.07, 6.45) is 5.97. The first-order valence-corrected chi connectivity index (χ1v) is 6.17. The van der Waals surface area contributed by atoms with Gasteiger partial charge in [0.1, 0.15) is 0 Å². The van der Waals surface area contributed by atoms with Crippen LogP contribution in [-0.2, 0) is 0 Å². The fraction of sp³-hybridized carbons (Fsp3) is 1.00. The SMILES string of the molecule is CC1SC(C)(C)C2CCCCC12. The predicted octanol–water partition coefficient (Wildman–Crippen LogP) is 3.71. The summed E-state index contributed by atoms with van der Waals surface area (Å²) in [6.45, 7) is 7.33. The normalized spacial score (nSPS) is 45.8. The summed E-state index contributed by atoms with van der Waals surface area (Å²) in [5, 5.41) is 0.922. The van der Waals surface area contributed by atoms with Crippen LogP contribution in [0.3, 0.4) is 0 Å². The summed E-state index contributed by atoms with van der Waals surface area (Å²) >= 11 is 2.23. The first kappa shape index (κ1) is 8.93. The quantitative estimate of drug-likeness (QED) is 0.553. The van der Waals surface area contributed by atoms with Crippen molar-refractivity contribution in [3.05, 3.63) is 0 Å². The first-order chi connectivity index (χ1) is 5.61. The standard InChI is InChI=1S/C11H20S/c1-8-9-6-4-5-7-10(9)11(2,3)12-8/h8-10H,4-7H2,1-3H3. The molecule has 0 aromatic heterocycles. The second-order valence-corrected chi connectivity index (χ2v) is 7.01. The van der Waals surface area contributed by atoms with Crippen molar-refractivity contribution in [3.8, 4) is 0 Å². The van der Waals surface area contributed by atoms with Crippen molar-refractivity contribution in [2.45, 2.75) is 56.5 Å². The van der Waals surface area contributed by atoms with Gasteiger partial charge < -0.3 is 0 Å². The minimum atomic E-state index is 0.574. The van der Waals surface area contributed by atoms with Crippen molar-refractivity contribution >= 4 is 11.8 Å². The number of hydrogen-bond acceptors (Lipinski definition) is 1. The summed E-state index contributed by atoms with van der Waals surface area (Å²) in [4.78, 5) is 0. The van der Waals surface area contributed by atoms with E-state index < -0.39 is 0 Å². The number of rotatable bonds is 0. The summed E-state index contributed by atoms with van der Waals surface area (Å²) in [7, 11) is 0. The molecule has 12 heavy (non-hydrogen) atoms. The van der Waals surface area contributed by atoms with E-state index in [1.165, 1.54) is 25.7 Å². The Labute approximate surface area is 80.5 Å². The molecule has 1 saturated carbocycles. The third-order valence-electron chi connectivity index (χ3n) is 3.80. The Morgan fingerprint density at radius 2 is 1.83 bits per heavy atom. The van der Waals surface area contributed by atoms with E-state index in [4.69, 9.17) is 0 Å². The maximum absolute atomic E-state index is 2.45. The van der Waals surface area contributed by atoms with Gasteiger partial charge in [-0.05, 0) is 24.7 Å². The Bertz CT molecular complexity index is 174. The molecule has 0 spiro atoms. The van der Waals surface area contributed by atoms with E-state index in [2.05, 4.69) is 32.5 Å².